The Balaban J connectivity index is 2.96. The number of nitrogens with zero attached hydrogens (tertiary/aromatic N) is 1. The van der Waals surface area contributed by atoms with Crippen LogP contribution >= 0.6 is 0 Å². The van der Waals surface area contributed by atoms with Gasteiger partial charge in [0.05, 0.1) is 14.1 Å². The average molecular weight is 138 g/mol. The van der Waals surface area contributed by atoms with Crippen LogP contribution in [0, 0.1) is 0 Å². The summed E-state index contributed by atoms with van der Waals surface area (Å²) in [5.41, 5.74) is 1.03. The zero-order valence-corrected chi connectivity index (χ0v) is 6.59. The Morgan fingerprint density at radius 2 is 2.00 bits per heavy atom. The van der Waals surface area contributed by atoms with E-state index < -0.39 is 0 Å². The van der Waals surface area contributed by atoms with E-state index in [0.717, 1.165) is 5.57 Å². The molecule has 1 rings (SSSR count). The highest BCUT2D eigenvalue weighted by Crippen LogP contribution is 2.11. The minimum atomic E-state index is 0.139. The molecule has 0 aromatic heterocycles. The van der Waals surface area contributed by atoms with Gasteiger partial charge in [-0.05, 0) is 18.6 Å². The lowest BCUT2D eigenvalue weighted by molar-refractivity contribution is -0.756. The number of carbonyl (C=O) groups is 1. The Kier molecular flexibility index (Phi) is 1.49. The maximum atomic E-state index is 11.2. The number of hydrogen-bond donors (Lipinski definition) is 0. The smallest absolute Gasteiger partial charge is 0.235 e. The van der Waals surface area contributed by atoms with Crippen molar-refractivity contribution in [3.63, 3.8) is 0 Å². The minimum absolute atomic E-state index is 0.139. The molecule has 0 fully saturated rings. The van der Waals surface area contributed by atoms with Crippen LogP contribution in [0.5, 0.6) is 0 Å². The Morgan fingerprint density at radius 3 is 2.40 bits per heavy atom. The third-order valence-electron chi connectivity index (χ3n) is 1.63. The van der Waals surface area contributed by atoms with Gasteiger partial charge in [-0.1, -0.05) is 0 Å². The van der Waals surface area contributed by atoms with Crippen molar-refractivity contribution in [3.8, 4) is 0 Å². The average Bonchev–Trinajstić information content (AvgIpc) is 1.81. The predicted octanol–water partition coefficient (Wildman–Crippen LogP) is 1.06. The monoisotopic (exact) mass is 138 g/mol. The van der Waals surface area contributed by atoms with Crippen molar-refractivity contribution >= 4 is 5.91 Å². The molecule has 1 heterocycles. The second-order valence-corrected chi connectivity index (χ2v) is 3.08. The maximum absolute atomic E-state index is 11.2. The molecule has 0 bridgehead atoms. The molecule has 10 heavy (non-hydrogen) atoms. The van der Waals surface area contributed by atoms with Gasteiger partial charge in [0.15, 0.2) is 0 Å². The van der Waals surface area contributed by atoms with Crippen molar-refractivity contribution in [1.29, 1.82) is 0 Å². The molecule has 2 nitrogen and oxygen atoms in total. The molecular formula is C8H12NO+. The van der Waals surface area contributed by atoms with Crippen LogP contribution in [0.3, 0.4) is 0 Å². The second-order valence-electron chi connectivity index (χ2n) is 3.08. The molecule has 2 heteroatoms. The first kappa shape index (κ1) is 7.22. The third kappa shape index (κ3) is 1.16. The maximum Gasteiger partial charge on any atom is 0.343 e. The fraction of sp³-hybridized carbons (Fsp3) is 0.375. The molecule has 0 radical (unpaired) electrons. The van der Waals surface area contributed by atoms with Crippen LogP contribution < -0.4 is 0 Å². The van der Waals surface area contributed by atoms with Crippen LogP contribution in [0.4, 0.5) is 0 Å². The first-order valence-electron chi connectivity index (χ1n) is 3.28. The van der Waals surface area contributed by atoms with Crippen molar-refractivity contribution in [2.45, 2.75) is 6.92 Å². The highest BCUT2D eigenvalue weighted by atomic mass is 16.2. The van der Waals surface area contributed by atoms with E-state index in [2.05, 4.69) is 0 Å². The topological polar surface area (TPSA) is 17.1 Å². The van der Waals surface area contributed by atoms with Crippen LogP contribution in [-0.2, 0) is 4.79 Å². The Labute approximate surface area is 61.0 Å². The lowest BCUT2D eigenvalue weighted by Gasteiger charge is -2.22. The molecular weight excluding hydrogens is 126 g/mol. The second kappa shape index (κ2) is 2.06. The van der Waals surface area contributed by atoms with E-state index in [1.807, 2.05) is 33.3 Å². The zero-order valence-electron chi connectivity index (χ0n) is 6.59. The fourth-order valence-electron chi connectivity index (χ4n) is 0.787. The summed E-state index contributed by atoms with van der Waals surface area (Å²) in [5.74, 6) is 0.139. The number of hydrogen-bond acceptors (Lipinski definition) is 1. The Hall–Kier alpha value is -0.890. The van der Waals surface area contributed by atoms with Crippen molar-refractivity contribution in [1.82, 2.24) is 0 Å². The highest BCUT2D eigenvalue weighted by Gasteiger charge is 2.23. The summed E-state index contributed by atoms with van der Waals surface area (Å²) in [7, 11) is 3.73. The number of quaternary nitrogens is 1. The number of carbonyl (C=O) groups excluding carboxylic acids is 1. The highest BCUT2D eigenvalue weighted by molar-refractivity contribution is 5.84. The van der Waals surface area contributed by atoms with E-state index >= 15 is 0 Å². The SMILES string of the molecule is CC1=CC(=O)[N+](C)(C)C=C1. The number of allylic oxidation sites excluding steroid dienone is 2. The van der Waals surface area contributed by atoms with Crippen LogP contribution in [0.2, 0.25) is 0 Å². The number of rotatable bonds is 0. The van der Waals surface area contributed by atoms with E-state index in [4.69, 9.17) is 0 Å². The number of likely N-dealkylation sites (N-methyl/N-ethyl adjacent to an activating group) is 1. The van der Waals surface area contributed by atoms with Gasteiger partial charge in [-0.3, -0.25) is 0 Å². The fourth-order valence-corrected chi connectivity index (χ4v) is 0.787. The molecule has 1 aliphatic heterocycles. The summed E-state index contributed by atoms with van der Waals surface area (Å²) >= 11 is 0. The third-order valence-corrected chi connectivity index (χ3v) is 1.63. The lowest BCUT2D eigenvalue weighted by atomic mass is 10.2. The molecule has 0 aromatic rings. The van der Waals surface area contributed by atoms with Crippen molar-refractivity contribution in [3.05, 3.63) is 23.9 Å². The van der Waals surface area contributed by atoms with Crippen LogP contribution in [0.25, 0.3) is 0 Å². The molecule has 0 unspecified atom stereocenters. The van der Waals surface area contributed by atoms with E-state index in [0.29, 0.717) is 4.48 Å². The van der Waals surface area contributed by atoms with Gasteiger partial charge in [0, 0.05) is 6.08 Å². The summed E-state index contributed by atoms with van der Waals surface area (Å²) < 4.78 is 0.331. The van der Waals surface area contributed by atoms with Crippen molar-refractivity contribution < 1.29 is 9.28 Å². The summed E-state index contributed by atoms with van der Waals surface area (Å²) in [6.07, 6.45) is 5.51. The molecule has 0 aromatic carbocycles. The molecule has 1 amide bonds. The van der Waals surface area contributed by atoms with Crippen LogP contribution in [0.1, 0.15) is 6.92 Å². The number of amides is 1. The summed E-state index contributed by atoms with van der Waals surface area (Å²) in [6, 6.07) is 0. The van der Waals surface area contributed by atoms with Crippen LogP contribution in [-0.4, -0.2) is 24.5 Å². The summed E-state index contributed by atoms with van der Waals surface area (Å²) in [6.45, 7) is 1.92. The van der Waals surface area contributed by atoms with Gasteiger partial charge in [0.25, 0.3) is 0 Å². The quantitative estimate of drug-likeness (QED) is 0.457. The van der Waals surface area contributed by atoms with E-state index in [-0.39, 0.29) is 5.91 Å². The van der Waals surface area contributed by atoms with Gasteiger partial charge < -0.3 is 0 Å². The lowest BCUT2D eigenvalue weighted by Crippen LogP contribution is -2.40. The molecule has 0 N–H and O–H groups in total. The molecule has 0 aliphatic carbocycles. The first-order chi connectivity index (χ1) is 4.52. The van der Waals surface area contributed by atoms with Crippen LogP contribution in [0.15, 0.2) is 23.9 Å². The van der Waals surface area contributed by atoms with Crippen molar-refractivity contribution in [2.24, 2.45) is 0 Å². The standard InChI is InChI=1S/C8H12NO/c1-7-4-5-9(2,3)8(10)6-7/h4-6H,1-3H3/q+1. The normalized spacial score (nSPS) is 22.7. The van der Waals surface area contributed by atoms with Gasteiger partial charge in [-0.2, -0.15) is 0 Å². The van der Waals surface area contributed by atoms with Gasteiger partial charge in [-0.25, -0.2) is 9.28 Å². The largest absolute Gasteiger partial charge is 0.343 e. The Bertz CT molecular complexity index is 223. The van der Waals surface area contributed by atoms with Gasteiger partial charge in [0.2, 0.25) is 0 Å². The molecule has 1 aliphatic rings. The molecule has 0 saturated carbocycles. The summed E-state index contributed by atoms with van der Waals surface area (Å²) in [5, 5.41) is 0. The molecule has 0 atom stereocenters. The molecule has 0 spiro atoms. The van der Waals surface area contributed by atoms with E-state index in [1.54, 1.807) is 6.08 Å². The summed E-state index contributed by atoms with van der Waals surface area (Å²) in [4.78, 5) is 11.2. The Morgan fingerprint density at radius 1 is 1.40 bits per heavy atom. The molecule has 54 valence electrons. The zero-order chi connectivity index (χ0) is 7.78. The molecule has 0 saturated heterocycles. The predicted molar refractivity (Wildman–Crippen MR) is 40.0 cm³/mol. The first-order valence-corrected chi connectivity index (χ1v) is 3.28. The van der Waals surface area contributed by atoms with Crippen molar-refractivity contribution in [2.75, 3.05) is 14.1 Å². The van der Waals surface area contributed by atoms with E-state index in [1.165, 1.54) is 0 Å². The van der Waals surface area contributed by atoms with E-state index in [9.17, 15) is 4.79 Å². The minimum Gasteiger partial charge on any atom is -0.235 e. The van der Waals surface area contributed by atoms with Gasteiger partial charge in [0.1, 0.15) is 6.20 Å². The van der Waals surface area contributed by atoms with Gasteiger partial charge >= 0.3 is 5.91 Å². The van der Waals surface area contributed by atoms with Gasteiger partial charge in [-0.15, -0.1) is 0 Å².